The lowest BCUT2D eigenvalue weighted by Gasteiger charge is -2.42. The van der Waals surface area contributed by atoms with E-state index in [9.17, 15) is 9.90 Å². The van der Waals surface area contributed by atoms with Crippen LogP contribution in [0.3, 0.4) is 0 Å². The van der Waals surface area contributed by atoms with Gasteiger partial charge in [-0.25, -0.2) is 0 Å². The van der Waals surface area contributed by atoms with Crippen LogP contribution < -0.4 is 0 Å². The summed E-state index contributed by atoms with van der Waals surface area (Å²) < 4.78 is 16.6. The van der Waals surface area contributed by atoms with Crippen molar-refractivity contribution in [1.29, 1.82) is 0 Å². The fourth-order valence-corrected chi connectivity index (χ4v) is 5.97. The third-order valence-corrected chi connectivity index (χ3v) is 8.66. The molecule has 0 spiro atoms. The summed E-state index contributed by atoms with van der Waals surface area (Å²) in [5, 5.41) is 11.0. The Hall–Kier alpha value is -2.45. The first-order valence-electron chi connectivity index (χ1n) is 15.3. The summed E-state index contributed by atoms with van der Waals surface area (Å²) in [5.41, 5.74) is 3.32. The van der Waals surface area contributed by atoms with Crippen LogP contribution in [0.5, 0.6) is 5.75 Å². The van der Waals surface area contributed by atoms with E-state index in [0.717, 1.165) is 63.6 Å². The summed E-state index contributed by atoms with van der Waals surface area (Å²) in [4.78, 5) is 17.3. The molecule has 1 N–H and O–H groups in total. The molecule has 7 nitrogen and oxygen atoms in total. The minimum absolute atomic E-state index is 0.0696. The lowest BCUT2D eigenvalue weighted by atomic mass is 9.67. The lowest BCUT2D eigenvalue weighted by Crippen LogP contribution is -2.44. The predicted octanol–water partition coefficient (Wildman–Crippen LogP) is 5.77. The second-order valence-corrected chi connectivity index (χ2v) is 11.5. The minimum atomic E-state index is -0.435. The molecular weight excluding hydrogens is 516 g/mol. The number of phenols is 1. The molecular formula is C34H52N2O5. The SMILES string of the molecule is CCCC[C@@H](C)N(CC(OC)OC)C(=O)CCOCCCc1ccc(O)c(C2(c3ccccc3)CCN(C)CC2)c1. The fourth-order valence-electron chi connectivity index (χ4n) is 5.97. The van der Waals surface area contributed by atoms with E-state index >= 15 is 0 Å². The van der Waals surface area contributed by atoms with Crippen molar-refractivity contribution in [1.82, 2.24) is 9.80 Å². The number of ether oxygens (including phenoxy) is 3. The van der Waals surface area contributed by atoms with E-state index in [1.165, 1.54) is 11.1 Å². The van der Waals surface area contributed by atoms with Gasteiger partial charge in [0.2, 0.25) is 5.91 Å². The number of methoxy groups -OCH3 is 2. The number of carbonyl (C=O) groups is 1. The van der Waals surface area contributed by atoms with Gasteiger partial charge in [0, 0.05) is 37.8 Å². The van der Waals surface area contributed by atoms with Crippen molar-refractivity contribution in [2.24, 2.45) is 0 Å². The number of unbranched alkanes of at least 4 members (excludes halogenated alkanes) is 1. The van der Waals surface area contributed by atoms with Crippen LogP contribution in [0.4, 0.5) is 0 Å². The van der Waals surface area contributed by atoms with Gasteiger partial charge < -0.3 is 29.1 Å². The largest absolute Gasteiger partial charge is 0.508 e. The summed E-state index contributed by atoms with van der Waals surface area (Å²) >= 11 is 0. The van der Waals surface area contributed by atoms with Gasteiger partial charge in [0.05, 0.1) is 19.6 Å². The monoisotopic (exact) mass is 568 g/mol. The number of phenolic OH excluding ortho intramolecular Hbond substituents is 1. The molecule has 2 aromatic carbocycles. The molecule has 2 aromatic rings. The molecule has 1 heterocycles. The highest BCUT2D eigenvalue weighted by atomic mass is 16.7. The van der Waals surface area contributed by atoms with Crippen LogP contribution in [-0.4, -0.2) is 87.3 Å². The van der Waals surface area contributed by atoms with Crippen molar-refractivity contribution < 1.29 is 24.1 Å². The van der Waals surface area contributed by atoms with Gasteiger partial charge in [-0.15, -0.1) is 0 Å². The van der Waals surface area contributed by atoms with Crippen LogP contribution in [0.25, 0.3) is 0 Å². The summed E-state index contributed by atoms with van der Waals surface area (Å²) in [6, 6.07) is 16.8. The van der Waals surface area contributed by atoms with Crippen LogP contribution in [0.2, 0.25) is 0 Å². The van der Waals surface area contributed by atoms with Gasteiger partial charge in [-0.05, 0) is 76.4 Å². The molecule has 0 radical (unpaired) electrons. The molecule has 1 saturated heterocycles. The number of hydrogen-bond donors (Lipinski definition) is 1. The summed E-state index contributed by atoms with van der Waals surface area (Å²) in [5.74, 6) is 0.444. The number of likely N-dealkylation sites (tertiary alicyclic amines) is 1. The van der Waals surface area contributed by atoms with Crippen molar-refractivity contribution in [3.8, 4) is 5.75 Å². The Morgan fingerprint density at radius 1 is 1.05 bits per heavy atom. The second kappa shape index (κ2) is 16.9. The first-order valence-corrected chi connectivity index (χ1v) is 15.3. The molecule has 0 unspecified atom stereocenters. The molecule has 0 aromatic heterocycles. The van der Waals surface area contributed by atoms with Crippen LogP contribution in [-0.2, 0) is 30.8 Å². The van der Waals surface area contributed by atoms with E-state index in [0.29, 0.717) is 31.9 Å². The average Bonchev–Trinajstić information content (AvgIpc) is 3.00. The van der Waals surface area contributed by atoms with Gasteiger partial charge in [0.15, 0.2) is 6.29 Å². The topological polar surface area (TPSA) is 71.5 Å². The molecule has 1 atom stereocenters. The van der Waals surface area contributed by atoms with Crippen molar-refractivity contribution in [2.75, 3.05) is 54.1 Å². The predicted molar refractivity (Wildman–Crippen MR) is 164 cm³/mol. The zero-order valence-electron chi connectivity index (χ0n) is 25.9. The number of aromatic hydroxyl groups is 1. The molecule has 0 saturated carbocycles. The van der Waals surface area contributed by atoms with E-state index < -0.39 is 6.29 Å². The van der Waals surface area contributed by atoms with Crippen molar-refractivity contribution in [3.63, 3.8) is 0 Å². The van der Waals surface area contributed by atoms with Crippen LogP contribution in [0, 0.1) is 0 Å². The van der Waals surface area contributed by atoms with Gasteiger partial charge >= 0.3 is 0 Å². The van der Waals surface area contributed by atoms with E-state index in [-0.39, 0.29) is 17.4 Å². The maximum Gasteiger partial charge on any atom is 0.225 e. The van der Waals surface area contributed by atoms with Crippen molar-refractivity contribution in [3.05, 3.63) is 65.2 Å². The molecule has 7 heteroatoms. The number of aryl methyl sites for hydroxylation is 1. The highest BCUT2D eigenvalue weighted by molar-refractivity contribution is 5.76. The van der Waals surface area contributed by atoms with Gasteiger partial charge in [-0.2, -0.15) is 0 Å². The standard InChI is InChI=1S/C34H52N2O5/c1-6-7-12-27(2)36(26-33(39-4)40-5)32(38)18-24-41-23-11-13-28-16-17-31(37)30(25-28)34(19-21-35(3)22-20-34)29-14-9-8-10-15-29/h8-10,14-17,25,27,33,37H,6-7,11-13,18-24,26H2,1-5H3/t27-/m1/s1. The number of nitrogens with zero attached hydrogens (tertiary/aromatic N) is 2. The molecule has 0 aliphatic carbocycles. The third kappa shape index (κ3) is 9.27. The smallest absolute Gasteiger partial charge is 0.225 e. The molecule has 1 aliphatic heterocycles. The second-order valence-electron chi connectivity index (χ2n) is 11.5. The fraction of sp³-hybridized carbons (Fsp3) is 0.618. The summed E-state index contributed by atoms with van der Waals surface area (Å²) in [6.45, 7) is 7.65. The molecule has 41 heavy (non-hydrogen) atoms. The normalized spacial score (nSPS) is 16.1. The quantitative estimate of drug-likeness (QED) is 0.193. The number of benzene rings is 2. The van der Waals surface area contributed by atoms with Gasteiger partial charge in [0.25, 0.3) is 0 Å². The van der Waals surface area contributed by atoms with E-state index in [4.69, 9.17) is 14.2 Å². The molecule has 228 valence electrons. The number of hydrogen-bond acceptors (Lipinski definition) is 6. The third-order valence-electron chi connectivity index (χ3n) is 8.66. The Kier molecular flexibility index (Phi) is 13.6. The molecule has 1 amide bonds. The Morgan fingerprint density at radius 3 is 2.41 bits per heavy atom. The van der Waals surface area contributed by atoms with E-state index in [2.05, 4.69) is 62.2 Å². The van der Waals surface area contributed by atoms with Crippen LogP contribution in [0.1, 0.15) is 75.5 Å². The maximum absolute atomic E-state index is 13.1. The summed E-state index contributed by atoms with van der Waals surface area (Å²) in [6.07, 6.45) is 6.70. The number of amides is 1. The summed E-state index contributed by atoms with van der Waals surface area (Å²) in [7, 11) is 5.37. The highest BCUT2D eigenvalue weighted by Crippen LogP contribution is 2.45. The molecule has 3 rings (SSSR count). The minimum Gasteiger partial charge on any atom is -0.508 e. The van der Waals surface area contributed by atoms with Crippen LogP contribution in [0.15, 0.2) is 48.5 Å². The maximum atomic E-state index is 13.1. The Balaban J connectivity index is 1.55. The number of carbonyl (C=O) groups excluding carboxylic acids is 1. The van der Waals surface area contributed by atoms with Gasteiger partial charge in [-0.1, -0.05) is 62.2 Å². The zero-order chi connectivity index (χ0) is 29.7. The van der Waals surface area contributed by atoms with Gasteiger partial charge in [0.1, 0.15) is 5.75 Å². The average molecular weight is 569 g/mol. The number of rotatable bonds is 17. The van der Waals surface area contributed by atoms with Crippen molar-refractivity contribution in [2.45, 2.75) is 83.0 Å². The number of piperidine rings is 1. The molecule has 1 aliphatic rings. The zero-order valence-corrected chi connectivity index (χ0v) is 25.9. The highest BCUT2D eigenvalue weighted by Gasteiger charge is 2.39. The Morgan fingerprint density at radius 2 is 1.76 bits per heavy atom. The molecule has 1 fully saturated rings. The van der Waals surface area contributed by atoms with Crippen LogP contribution >= 0.6 is 0 Å². The first-order chi connectivity index (χ1) is 19.8. The first kappa shape index (κ1) is 33.1. The molecule has 0 bridgehead atoms. The Labute approximate surface area is 247 Å². The van der Waals surface area contributed by atoms with Crippen molar-refractivity contribution >= 4 is 5.91 Å². The van der Waals surface area contributed by atoms with Gasteiger partial charge in [-0.3, -0.25) is 4.79 Å². The lowest BCUT2D eigenvalue weighted by molar-refractivity contribution is -0.150. The van der Waals surface area contributed by atoms with E-state index in [1.54, 1.807) is 14.2 Å². The Bertz CT molecular complexity index is 1030. The van der Waals surface area contributed by atoms with E-state index in [1.807, 2.05) is 17.0 Å².